The van der Waals surface area contributed by atoms with Crippen LogP contribution in [0.1, 0.15) is 18.4 Å². The summed E-state index contributed by atoms with van der Waals surface area (Å²) in [4.78, 5) is 25.5. The highest BCUT2D eigenvalue weighted by Gasteiger charge is 2.34. The van der Waals surface area contributed by atoms with Gasteiger partial charge in [-0.25, -0.2) is 0 Å². The predicted molar refractivity (Wildman–Crippen MR) is 108 cm³/mol. The molecule has 4 nitrogen and oxygen atoms in total. The van der Waals surface area contributed by atoms with Crippen LogP contribution >= 0.6 is 15.9 Å². The van der Waals surface area contributed by atoms with Crippen molar-refractivity contribution in [3.63, 3.8) is 0 Å². The van der Waals surface area contributed by atoms with Gasteiger partial charge in [0.15, 0.2) is 0 Å². The summed E-state index contributed by atoms with van der Waals surface area (Å²) >= 11 is 3.38. The molecule has 1 aliphatic rings. The lowest BCUT2D eigenvalue weighted by Gasteiger charge is -2.26. The number of anilines is 2. The van der Waals surface area contributed by atoms with Gasteiger partial charge in [0.2, 0.25) is 11.8 Å². The second kappa shape index (κ2) is 8.32. The number of nitrogens with one attached hydrogen (secondary N) is 2. The van der Waals surface area contributed by atoms with Crippen LogP contribution in [0.25, 0.3) is 0 Å². The van der Waals surface area contributed by atoms with Gasteiger partial charge in [-0.3, -0.25) is 9.59 Å². The number of halogens is 1. The molecule has 3 rings (SSSR count). The summed E-state index contributed by atoms with van der Waals surface area (Å²) in [5.74, 6) is -0.999. The molecule has 0 spiro atoms. The van der Waals surface area contributed by atoms with Crippen LogP contribution in [0, 0.1) is 18.8 Å². The lowest BCUT2D eigenvalue weighted by molar-refractivity contribution is -0.129. The summed E-state index contributed by atoms with van der Waals surface area (Å²) < 4.78 is 0.950. The number of carbonyl (C=O) groups is 2. The number of allylic oxidation sites excluding steroid dienone is 2. The first kappa shape index (κ1) is 18.4. The van der Waals surface area contributed by atoms with E-state index in [1.807, 2.05) is 67.6 Å². The van der Waals surface area contributed by atoms with E-state index >= 15 is 0 Å². The van der Waals surface area contributed by atoms with Gasteiger partial charge < -0.3 is 10.6 Å². The van der Waals surface area contributed by atoms with E-state index in [2.05, 4.69) is 26.6 Å². The van der Waals surface area contributed by atoms with Gasteiger partial charge in [-0.2, -0.15) is 0 Å². The lowest BCUT2D eigenvalue weighted by atomic mass is 9.81. The molecule has 5 heteroatoms. The Balaban J connectivity index is 1.70. The topological polar surface area (TPSA) is 58.2 Å². The normalized spacial score (nSPS) is 19.0. The zero-order valence-corrected chi connectivity index (χ0v) is 16.1. The van der Waals surface area contributed by atoms with Crippen molar-refractivity contribution < 1.29 is 9.59 Å². The Morgan fingerprint density at radius 1 is 0.885 bits per heavy atom. The smallest absolute Gasteiger partial charge is 0.228 e. The monoisotopic (exact) mass is 412 g/mol. The van der Waals surface area contributed by atoms with Crippen molar-refractivity contribution >= 4 is 39.1 Å². The molecule has 2 N–H and O–H groups in total. The maximum Gasteiger partial charge on any atom is 0.228 e. The van der Waals surface area contributed by atoms with Crippen molar-refractivity contribution in [2.24, 2.45) is 11.8 Å². The van der Waals surface area contributed by atoms with Crippen LogP contribution in [0.5, 0.6) is 0 Å². The largest absolute Gasteiger partial charge is 0.326 e. The Morgan fingerprint density at radius 2 is 1.46 bits per heavy atom. The Bertz CT molecular complexity index is 830. The van der Waals surface area contributed by atoms with E-state index in [-0.39, 0.29) is 23.7 Å². The zero-order valence-electron chi connectivity index (χ0n) is 14.5. The van der Waals surface area contributed by atoms with Crippen LogP contribution in [0.4, 0.5) is 11.4 Å². The molecule has 0 heterocycles. The molecule has 26 heavy (non-hydrogen) atoms. The zero-order chi connectivity index (χ0) is 18.5. The molecule has 2 aromatic carbocycles. The van der Waals surface area contributed by atoms with Crippen LogP contribution in [0.2, 0.25) is 0 Å². The van der Waals surface area contributed by atoms with Crippen LogP contribution < -0.4 is 10.6 Å². The predicted octanol–water partition coefficient (Wildman–Crippen LogP) is 4.92. The van der Waals surface area contributed by atoms with E-state index in [0.717, 1.165) is 21.4 Å². The Hall–Kier alpha value is -2.40. The molecule has 0 aliphatic heterocycles. The lowest BCUT2D eigenvalue weighted by Crippen LogP contribution is -2.37. The molecule has 2 amide bonds. The van der Waals surface area contributed by atoms with Crippen molar-refractivity contribution in [1.29, 1.82) is 0 Å². The number of rotatable bonds is 4. The third kappa shape index (κ3) is 4.61. The quantitative estimate of drug-likeness (QED) is 0.700. The van der Waals surface area contributed by atoms with Gasteiger partial charge in [-0.05, 0) is 61.7 Å². The van der Waals surface area contributed by atoms with Gasteiger partial charge in [-0.15, -0.1) is 0 Å². The van der Waals surface area contributed by atoms with Gasteiger partial charge in [-0.1, -0.05) is 40.2 Å². The van der Waals surface area contributed by atoms with Crippen LogP contribution in [0.3, 0.4) is 0 Å². The third-order valence-corrected chi connectivity index (χ3v) is 5.03. The number of hydrogen-bond donors (Lipinski definition) is 2. The number of carbonyl (C=O) groups excluding carboxylic acids is 2. The van der Waals surface area contributed by atoms with Gasteiger partial charge >= 0.3 is 0 Å². The van der Waals surface area contributed by atoms with Gasteiger partial charge in [0.05, 0.1) is 11.8 Å². The minimum absolute atomic E-state index is 0.115. The highest BCUT2D eigenvalue weighted by Crippen LogP contribution is 2.28. The Kier molecular flexibility index (Phi) is 5.89. The van der Waals surface area contributed by atoms with Gasteiger partial charge in [0, 0.05) is 15.8 Å². The fraction of sp³-hybridized carbons (Fsp3) is 0.238. The van der Waals surface area contributed by atoms with E-state index < -0.39 is 0 Å². The maximum atomic E-state index is 12.8. The SMILES string of the molecule is Cc1cccc(NC(=O)C2CC=CCC2C(=O)Nc2ccc(Br)cc2)c1. The minimum Gasteiger partial charge on any atom is -0.326 e. The van der Waals surface area contributed by atoms with Crippen LogP contribution in [-0.2, 0) is 9.59 Å². The van der Waals surface area contributed by atoms with Crippen molar-refractivity contribution in [3.8, 4) is 0 Å². The minimum atomic E-state index is -0.381. The molecular formula is C21H21BrN2O2. The van der Waals surface area contributed by atoms with E-state index in [9.17, 15) is 9.59 Å². The molecule has 0 radical (unpaired) electrons. The summed E-state index contributed by atoms with van der Waals surface area (Å²) in [7, 11) is 0. The van der Waals surface area contributed by atoms with Crippen molar-refractivity contribution in [3.05, 3.63) is 70.7 Å². The van der Waals surface area contributed by atoms with Crippen LogP contribution in [-0.4, -0.2) is 11.8 Å². The van der Waals surface area contributed by atoms with Crippen LogP contribution in [0.15, 0.2) is 65.2 Å². The molecule has 2 unspecified atom stereocenters. The Morgan fingerprint density at radius 3 is 2.04 bits per heavy atom. The average Bonchev–Trinajstić information content (AvgIpc) is 2.63. The highest BCUT2D eigenvalue weighted by atomic mass is 79.9. The Labute approximate surface area is 161 Å². The second-order valence-corrected chi connectivity index (χ2v) is 7.43. The van der Waals surface area contributed by atoms with Crippen molar-refractivity contribution in [2.75, 3.05) is 10.6 Å². The highest BCUT2D eigenvalue weighted by molar-refractivity contribution is 9.10. The summed E-state index contributed by atoms with van der Waals surface area (Å²) in [5.41, 5.74) is 2.57. The molecule has 2 aromatic rings. The molecule has 0 saturated carbocycles. The van der Waals surface area contributed by atoms with Gasteiger partial charge in [0.25, 0.3) is 0 Å². The summed E-state index contributed by atoms with van der Waals surface area (Å²) in [6.45, 7) is 1.98. The van der Waals surface area contributed by atoms with E-state index in [4.69, 9.17) is 0 Å². The van der Waals surface area contributed by atoms with E-state index in [0.29, 0.717) is 12.8 Å². The van der Waals surface area contributed by atoms with Gasteiger partial charge in [0.1, 0.15) is 0 Å². The second-order valence-electron chi connectivity index (χ2n) is 6.51. The first-order chi connectivity index (χ1) is 12.5. The average molecular weight is 413 g/mol. The van der Waals surface area contributed by atoms with E-state index in [1.165, 1.54) is 0 Å². The molecule has 0 fully saturated rings. The third-order valence-electron chi connectivity index (χ3n) is 4.50. The first-order valence-electron chi connectivity index (χ1n) is 8.62. The molecule has 0 aromatic heterocycles. The van der Waals surface area contributed by atoms with E-state index in [1.54, 1.807) is 0 Å². The molecule has 1 aliphatic carbocycles. The van der Waals surface area contributed by atoms with Crippen molar-refractivity contribution in [2.45, 2.75) is 19.8 Å². The number of aryl methyl sites for hydroxylation is 1. The number of hydrogen-bond acceptors (Lipinski definition) is 2. The molecular weight excluding hydrogens is 392 g/mol. The molecule has 0 saturated heterocycles. The fourth-order valence-corrected chi connectivity index (χ4v) is 3.38. The fourth-order valence-electron chi connectivity index (χ4n) is 3.12. The first-order valence-corrected chi connectivity index (χ1v) is 9.41. The molecule has 0 bridgehead atoms. The molecule has 134 valence electrons. The number of amides is 2. The summed E-state index contributed by atoms with van der Waals surface area (Å²) in [6.07, 6.45) is 5.08. The van der Waals surface area contributed by atoms with Crippen molar-refractivity contribution in [1.82, 2.24) is 0 Å². The molecule has 2 atom stereocenters. The summed E-state index contributed by atoms with van der Waals surface area (Å²) in [5, 5.41) is 5.87. The standard InChI is InChI=1S/C21H21BrN2O2/c1-14-5-4-6-17(13-14)24-21(26)19-8-3-2-7-18(19)20(25)23-16-11-9-15(22)10-12-16/h2-6,9-13,18-19H,7-8H2,1H3,(H,23,25)(H,24,26). The summed E-state index contributed by atoms with van der Waals surface area (Å²) in [6, 6.07) is 15.1. The number of benzene rings is 2. The maximum absolute atomic E-state index is 12.8.